The molecule has 2 rings (SSSR count). The minimum Gasteiger partial charge on any atom is -0.339 e. The zero-order chi connectivity index (χ0) is 11.5. The van der Waals surface area contributed by atoms with Crippen molar-refractivity contribution < 1.29 is 9.59 Å². The van der Waals surface area contributed by atoms with Crippen LogP contribution in [-0.2, 0) is 9.59 Å². The van der Waals surface area contributed by atoms with Crippen LogP contribution >= 0.6 is 24.2 Å². The van der Waals surface area contributed by atoms with E-state index in [9.17, 15) is 9.59 Å². The molecule has 0 aromatic carbocycles. The first-order chi connectivity index (χ1) is 7.68. The van der Waals surface area contributed by atoms with Gasteiger partial charge >= 0.3 is 0 Å². The quantitative estimate of drug-likeness (QED) is 0.720. The van der Waals surface area contributed by atoms with E-state index in [0.29, 0.717) is 26.2 Å². The molecule has 0 saturated carbocycles. The SMILES string of the molecule is CC(=O)N1CCN(C(=O)[C@H]2CSCN2)CC1.Cl. The fourth-order valence-corrected chi connectivity index (χ4v) is 2.95. The van der Waals surface area contributed by atoms with Crippen molar-refractivity contribution in [3.05, 3.63) is 0 Å². The molecule has 17 heavy (non-hydrogen) atoms. The Hall–Kier alpha value is -0.460. The topological polar surface area (TPSA) is 52.7 Å². The van der Waals surface area contributed by atoms with Crippen LogP contribution in [0.15, 0.2) is 0 Å². The van der Waals surface area contributed by atoms with Crippen molar-refractivity contribution in [2.75, 3.05) is 37.8 Å². The van der Waals surface area contributed by atoms with Crippen LogP contribution in [0, 0.1) is 0 Å². The summed E-state index contributed by atoms with van der Waals surface area (Å²) in [5, 5.41) is 3.18. The summed E-state index contributed by atoms with van der Waals surface area (Å²) in [5.74, 6) is 2.02. The van der Waals surface area contributed by atoms with Crippen LogP contribution in [0.2, 0.25) is 0 Å². The number of hydrogen-bond acceptors (Lipinski definition) is 4. The summed E-state index contributed by atoms with van der Waals surface area (Å²) in [6, 6.07) is -0.0196. The monoisotopic (exact) mass is 279 g/mol. The molecule has 1 atom stereocenters. The van der Waals surface area contributed by atoms with Crippen LogP contribution in [0.1, 0.15) is 6.92 Å². The van der Waals surface area contributed by atoms with Crippen molar-refractivity contribution >= 4 is 36.0 Å². The van der Waals surface area contributed by atoms with E-state index in [-0.39, 0.29) is 30.3 Å². The van der Waals surface area contributed by atoms with Crippen molar-refractivity contribution in [3.8, 4) is 0 Å². The van der Waals surface area contributed by atoms with Crippen LogP contribution in [0.4, 0.5) is 0 Å². The fourth-order valence-electron chi connectivity index (χ4n) is 2.02. The molecule has 2 heterocycles. The molecule has 5 nitrogen and oxygen atoms in total. The van der Waals surface area contributed by atoms with Crippen molar-refractivity contribution in [2.24, 2.45) is 0 Å². The van der Waals surface area contributed by atoms with E-state index < -0.39 is 0 Å². The number of piperazine rings is 1. The first-order valence-electron chi connectivity index (χ1n) is 5.54. The maximum Gasteiger partial charge on any atom is 0.240 e. The lowest BCUT2D eigenvalue weighted by atomic mass is 10.2. The highest BCUT2D eigenvalue weighted by Gasteiger charge is 2.29. The molecule has 0 unspecified atom stereocenters. The average molecular weight is 280 g/mol. The number of hydrogen-bond donors (Lipinski definition) is 1. The maximum atomic E-state index is 12.0. The first kappa shape index (κ1) is 14.6. The van der Waals surface area contributed by atoms with Crippen LogP contribution in [0.25, 0.3) is 0 Å². The van der Waals surface area contributed by atoms with Gasteiger partial charge < -0.3 is 9.80 Å². The van der Waals surface area contributed by atoms with Gasteiger partial charge in [0.1, 0.15) is 0 Å². The van der Waals surface area contributed by atoms with E-state index in [1.807, 2.05) is 4.90 Å². The van der Waals surface area contributed by atoms with Gasteiger partial charge in [0, 0.05) is 44.7 Å². The molecule has 0 radical (unpaired) electrons. The molecule has 2 fully saturated rings. The van der Waals surface area contributed by atoms with Gasteiger partial charge in [0.05, 0.1) is 6.04 Å². The van der Waals surface area contributed by atoms with Crippen molar-refractivity contribution in [1.29, 1.82) is 0 Å². The lowest BCUT2D eigenvalue weighted by molar-refractivity contribution is -0.139. The Morgan fingerprint density at radius 1 is 1.18 bits per heavy atom. The highest BCUT2D eigenvalue weighted by molar-refractivity contribution is 7.99. The summed E-state index contributed by atoms with van der Waals surface area (Å²) in [5.41, 5.74) is 0. The molecule has 2 saturated heterocycles. The summed E-state index contributed by atoms with van der Waals surface area (Å²) < 4.78 is 0. The molecule has 7 heteroatoms. The molecule has 0 aliphatic carbocycles. The minimum absolute atomic E-state index is 0. The second kappa shape index (κ2) is 6.47. The minimum atomic E-state index is -0.0196. The summed E-state index contributed by atoms with van der Waals surface area (Å²) in [6.45, 7) is 4.25. The number of amides is 2. The Balaban J connectivity index is 0.00000144. The van der Waals surface area contributed by atoms with Crippen molar-refractivity contribution in [2.45, 2.75) is 13.0 Å². The number of nitrogens with zero attached hydrogens (tertiary/aromatic N) is 2. The predicted molar refractivity (Wildman–Crippen MR) is 70.3 cm³/mol. The Labute approximate surface area is 112 Å². The lowest BCUT2D eigenvalue weighted by Gasteiger charge is -2.35. The maximum absolute atomic E-state index is 12.0. The molecular formula is C10H18ClN3O2S. The van der Waals surface area contributed by atoms with Crippen LogP contribution in [0.3, 0.4) is 0 Å². The van der Waals surface area contributed by atoms with Gasteiger partial charge in [-0.2, -0.15) is 0 Å². The highest BCUT2D eigenvalue weighted by Crippen LogP contribution is 2.13. The third-order valence-electron chi connectivity index (χ3n) is 3.05. The first-order valence-corrected chi connectivity index (χ1v) is 6.69. The number of rotatable bonds is 1. The number of carbonyl (C=O) groups is 2. The summed E-state index contributed by atoms with van der Waals surface area (Å²) in [6.07, 6.45) is 0. The van der Waals surface area contributed by atoms with Crippen molar-refractivity contribution in [1.82, 2.24) is 15.1 Å². The summed E-state index contributed by atoms with van der Waals surface area (Å²) in [4.78, 5) is 26.8. The second-order valence-corrected chi connectivity index (χ2v) is 5.13. The Bertz CT molecular complexity index is 289. The molecule has 98 valence electrons. The fraction of sp³-hybridized carbons (Fsp3) is 0.800. The number of nitrogens with one attached hydrogen (secondary N) is 1. The van der Waals surface area contributed by atoms with Crippen LogP contribution in [0.5, 0.6) is 0 Å². The third-order valence-corrected chi connectivity index (χ3v) is 3.99. The van der Waals surface area contributed by atoms with E-state index in [4.69, 9.17) is 0 Å². The summed E-state index contributed by atoms with van der Waals surface area (Å²) >= 11 is 1.76. The van der Waals surface area contributed by atoms with E-state index in [0.717, 1.165) is 11.6 Å². The Kier molecular flexibility index (Phi) is 5.55. The molecule has 2 amide bonds. The zero-order valence-corrected chi connectivity index (χ0v) is 11.5. The van der Waals surface area contributed by atoms with Gasteiger partial charge in [-0.1, -0.05) is 0 Å². The molecule has 2 aliphatic heterocycles. The van der Waals surface area contributed by atoms with Gasteiger partial charge in [-0.25, -0.2) is 0 Å². The molecule has 1 N–H and O–H groups in total. The smallest absolute Gasteiger partial charge is 0.240 e. The number of carbonyl (C=O) groups excluding carboxylic acids is 2. The molecule has 2 aliphatic rings. The average Bonchev–Trinajstić information content (AvgIpc) is 2.81. The van der Waals surface area contributed by atoms with E-state index >= 15 is 0 Å². The van der Waals surface area contributed by atoms with Gasteiger partial charge in [-0.15, -0.1) is 24.2 Å². The van der Waals surface area contributed by atoms with E-state index in [1.54, 1.807) is 23.6 Å². The van der Waals surface area contributed by atoms with Crippen LogP contribution in [-0.4, -0.2) is 65.5 Å². The standard InChI is InChI=1S/C10H17N3O2S.ClH/c1-8(14)12-2-4-13(5-3-12)10(15)9-6-16-7-11-9;/h9,11H,2-7H2,1H3;1H/t9-;/m1./s1. The number of halogens is 1. The van der Waals surface area contributed by atoms with Crippen LogP contribution < -0.4 is 5.32 Å². The Morgan fingerprint density at radius 3 is 2.24 bits per heavy atom. The molecule has 0 spiro atoms. The van der Waals surface area contributed by atoms with Gasteiger partial charge in [0.15, 0.2) is 0 Å². The van der Waals surface area contributed by atoms with Gasteiger partial charge in [-0.3, -0.25) is 14.9 Å². The van der Waals surface area contributed by atoms with E-state index in [1.165, 1.54) is 0 Å². The van der Waals surface area contributed by atoms with Crippen molar-refractivity contribution in [3.63, 3.8) is 0 Å². The largest absolute Gasteiger partial charge is 0.339 e. The molecular weight excluding hydrogens is 262 g/mol. The normalized spacial score (nSPS) is 24.4. The van der Waals surface area contributed by atoms with Gasteiger partial charge in [-0.05, 0) is 0 Å². The number of thioether (sulfide) groups is 1. The Morgan fingerprint density at radius 2 is 1.76 bits per heavy atom. The molecule has 0 bridgehead atoms. The summed E-state index contributed by atoms with van der Waals surface area (Å²) in [7, 11) is 0. The molecule has 0 aromatic heterocycles. The zero-order valence-electron chi connectivity index (χ0n) is 9.85. The lowest BCUT2D eigenvalue weighted by Crippen LogP contribution is -2.54. The van der Waals surface area contributed by atoms with Gasteiger partial charge in [0.2, 0.25) is 11.8 Å². The predicted octanol–water partition coefficient (Wildman–Crippen LogP) is -0.239. The van der Waals surface area contributed by atoms with E-state index in [2.05, 4.69) is 5.32 Å². The second-order valence-electron chi connectivity index (χ2n) is 4.10. The molecule has 0 aromatic rings. The third kappa shape index (κ3) is 3.50. The highest BCUT2D eigenvalue weighted by atomic mass is 35.5. The van der Waals surface area contributed by atoms with Gasteiger partial charge in [0.25, 0.3) is 0 Å².